The molecule has 4 nitrogen and oxygen atoms in total. The second-order valence-electron chi connectivity index (χ2n) is 7.43. The third kappa shape index (κ3) is 5.57. The zero-order valence-electron chi connectivity index (χ0n) is 16.4. The van der Waals surface area contributed by atoms with Crippen LogP contribution in [0.4, 0.5) is 0 Å². The van der Waals surface area contributed by atoms with Crippen LogP contribution in [-0.2, 0) is 16.8 Å². The Morgan fingerprint density at radius 1 is 1.18 bits per heavy atom. The number of piperidine rings is 1. The Bertz CT molecular complexity index is 783. The number of carbonyl (C=O) groups excluding carboxylic acids is 1. The first-order valence-electron chi connectivity index (χ1n) is 9.93. The fraction of sp³-hybridized carbons (Fsp3) is 0.435. The number of hydrogen-bond donors (Lipinski definition) is 1. The maximum Gasteiger partial charge on any atom is 0.138 e. The van der Waals surface area contributed by atoms with E-state index < -0.39 is 5.60 Å². The first kappa shape index (κ1) is 20.8. The lowest BCUT2D eigenvalue weighted by atomic mass is 9.84. The molecular weight excluding hydrogens is 374 g/mol. The quantitative estimate of drug-likeness (QED) is 0.719. The molecule has 0 amide bonds. The molecule has 1 fully saturated rings. The van der Waals surface area contributed by atoms with Gasteiger partial charge in [-0.1, -0.05) is 35.9 Å². The Balaban J connectivity index is 1.45. The monoisotopic (exact) mass is 401 g/mol. The lowest BCUT2D eigenvalue weighted by Gasteiger charge is -2.38. The smallest absolute Gasteiger partial charge is 0.138 e. The van der Waals surface area contributed by atoms with E-state index in [2.05, 4.69) is 4.90 Å². The van der Waals surface area contributed by atoms with Crippen LogP contribution in [0.25, 0.3) is 0 Å². The molecule has 150 valence electrons. The molecular formula is C23H28ClNO3. The molecule has 0 saturated carbocycles. The summed E-state index contributed by atoms with van der Waals surface area (Å²) in [7, 11) is 0. The highest BCUT2D eigenvalue weighted by Gasteiger charge is 2.33. The molecule has 0 unspecified atom stereocenters. The van der Waals surface area contributed by atoms with Crippen molar-refractivity contribution in [2.45, 2.75) is 38.2 Å². The average Bonchev–Trinajstić information content (AvgIpc) is 2.69. The zero-order chi connectivity index (χ0) is 20.0. The normalized spacial score (nSPS) is 16.7. The Hall–Kier alpha value is -1.88. The molecule has 0 radical (unpaired) electrons. The third-order valence-corrected chi connectivity index (χ3v) is 5.63. The number of nitrogens with zero attached hydrogens (tertiary/aromatic N) is 1. The Morgan fingerprint density at radius 3 is 2.57 bits per heavy atom. The van der Waals surface area contributed by atoms with Gasteiger partial charge in [-0.15, -0.1) is 0 Å². The Labute approximate surface area is 172 Å². The van der Waals surface area contributed by atoms with Crippen LogP contribution in [0.2, 0.25) is 5.02 Å². The SMILES string of the molecule is CCOc1cccc(CC(=O)CCN2CCC(O)(c3ccc(Cl)cc3)CC2)c1. The largest absolute Gasteiger partial charge is 0.494 e. The molecule has 1 aliphatic rings. The van der Waals surface area contributed by atoms with Gasteiger partial charge in [-0.3, -0.25) is 4.79 Å². The van der Waals surface area contributed by atoms with Crippen LogP contribution in [-0.4, -0.2) is 42.0 Å². The Morgan fingerprint density at radius 2 is 1.89 bits per heavy atom. The van der Waals surface area contributed by atoms with E-state index in [0.717, 1.165) is 36.5 Å². The summed E-state index contributed by atoms with van der Waals surface area (Å²) < 4.78 is 5.50. The minimum Gasteiger partial charge on any atom is -0.494 e. The molecule has 28 heavy (non-hydrogen) atoms. The number of halogens is 1. The van der Waals surface area contributed by atoms with Gasteiger partial charge in [0.25, 0.3) is 0 Å². The molecule has 1 N–H and O–H groups in total. The highest BCUT2D eigenvalue weighted by atomic mass is 35.5. The maximum atomic E-state index is 12.4. The van der Waals surface area contributed by atoms with Gasteiger partial charge in [0.15, 0.2) is 0 Å². The van der Waals surface area contributed by atoms with Gasteiger partial charge in [0.1, 0.15) is 11.5 Å². The summed E-state index contributed by atoms with van der Waals surface area (Å²) >= 11 is 5.94. The number of ether oxygens (including phenoxy) is 1. The molecule has 0 aliphatic carbocycles. The van der Waals surface area contributed by atoms with Crippen molar-refractivity contribution in [3.63, 3.8) is 0 Å². The molecule has 1 saturated heterocycles. The van der Waals surface area contributed by atoms with E-state index in [1.54, 1.807) is 0 Å². The highest BCUT2D eigenvalue weighted by molar-refractivity contribution is 6.30. The van der Waals surface area contributed by atoms with Crippen LogP contribution < -0.4 is 4.74 Å². The van der Waals surface area contributed by atoms with Crippen LogP contribution in [0.5, 0.6) is 5.75 Å². The second kappa shape index (κ2) is 9.55. The number of carbonyl (C=O) groups is 1. The number of Topliss-reactive ketones (excluding diaryl/α,β-unsaturated/α-hetero) is 1. The van der Waals surface area contributed by atoms with Gasteiger partial charge in [0.05, 0.1) is 12.2 Å². The molecule has 0 aromatic heterocycles. The number of benzene rings is 2. The summed E-state index contributed by atoms with van der Waals surface area (Å²) in [5.41, 5.74) is 1.11. The number of likely N-dealkylation sites (tertiary alicyclic amines) is 1. The van der Waals surface area contributed by atoms with Gasteiger partial charge in [0, 0.05) is 37.5 Å². The van der Waals surface area contributed by atoms with E-state index in [9.17, 15) is 9.90 Å². The van der Waals surface area contributed by atoms with E-state index in [-0.39, 0.29) is 5.78 Å². The number of ketones is 1. The summed E-state index contributed by atoms with van der Waals surface area (Å²) in [5, 5.41) is 11.6. The van der Waals surface area contributed by atoms with Gasteiger partial charge < -0.3 is 14.7 Å². The van der Waals surface area contributed by atoms with Crippen LogP contribution >= 0.6 is 11.6 Å². The molecule has 3 rings (SSSR count). The molecule has 0 bridgehead atoms. The summed E-state index contributed by atoms with van der Waals surface area (Å²) in [5.74, 6) is 1.04. The minimum atomic E-state index is -0.801. The first-order chi connectivity index (χ1) is 13.5. The fourth-order valence-corrected chi connectivity index (χ4v) is 3.83. The molecule has 1 heterocycles. The van der Waals surface area contributed by atoms with E-state index in [1.165, 1.54) is 0 Å². The molecule has 2 aromatic rings. The molecule has 5 heteroatoms. The van der Waals surface area contributed by atoms with Crippen molar-refractivity contribution < 1.29 is 14.6 Å². The van der Waals surface area contributed by atoms with Gasteiger partial charge >= 0.3 is 0 Å². The maximum absolute atomic E-state index is 12.4. The standard InChI is InChI=1S/C23H28ClNO3/c1-2-28-22-5-3-4-18(17-22)16-21(26)10-13-25-14-11-23(27,12-15-25)19-6-8-20(24)9-7-19/h3-9,17,27H,2,10-16H2,1H3. The van der Waals surface area contributed by atoms with E-state index in [0.29, 0.717) is 37.3 Å². The molecule has 1 aliphatic heterocycles. The molecule has 2 aromatic carbocycles. The van der Waals surface area contributed by atoms with Crippen molar-refractivity contribution in [3.05, 3.63) is 64.7 Å². The summed E-state index contributed by atoms with van der Waals surface area (Å²) in [6.07, 6.45) is 2.29. The topological polar surface area (TPSA) is 49.8 Å². The van der Waals surface area contributed by atoms with Crippen molar-refractivity contribution in [3.8, 4) is 5.75 Å². The van der Waals surface area contributed by atoms with Crippen molar-refractivity contribution in [1.29, 1.82) is 0 Å². The fourth-order valence-electron chi connectivity index (χ4n) is 3.71. The lowest BCUT2D eigenvalue weighted by molar-refractivity contribution is -0.119. The summed E-state index contributed by atoms with van der Waals surface area (Å²) in [6.45, 7) is 4.87. The molecule has 0 spiro atoms. The van der Waals surface area contributed by atoms with Gasteiger partial charge in [-0.25, -0.2) is 0 Å². The summed E-state index contributed by atoms with van der Waals surface area (Å²) in [4.78, 5) is 14.6. The second-order valence-corrected chi connectivity index (χ2v) is 7.86. The number of aliphatic hydroxyl groups is 1. The van der Waals surface area contributed by atoms with Crippen LogP contribution in [0.15, 0.2) is 48.5 Å². The lowest BCUT2D eigenvalue weighted by Crippen LogP contribution is -2.43. The Kier molecular flexibility index (Phi) is 7.11. The molecule has 0 atom stereocenters. The number of hydrogen-bond acceptors (Lipinski definition) is 4. The van der Waals surface area contributed by atoms with Crippen molar-refractivity contribution in [2.75, 3.05) is 26.2 Å². The minimum absolute atomic E-state index is 0.229. The van der Waals surface area contributed by atoms with E-state index in [1.807, 2.05) is 55.5 Å². The predicted molar refractivity (Wildman–Crippen MR) is 112 cm³/mol. The van der Waals surface area contributed by atoms with Crippen LogP contribution in [0, 0.1) is 0 Å². The van der Waals surface area contributed by atoms with E-state index in [4.69, 9.17) is 16.3 Å². The van der Waals surface area contributed by atoms with Crippen molar-refractivity contribution in [1.82, 2.24) is 4.90 Å². The third-order valence-electron chi connectivity index (χ3n) is 5.38. The van der Waals surface area contributed by atoms with Crippen molar-refractivity contribution in [2.24, 2.45) is 0 Å². The predicted octanol–water partition coefficient (Wildman–Crippen LogP) is 4.22. The number of rotatable bonds is 8. The average molecular weight is 402 g/mol. The van der Waals surface area contributed by atoms with Gasteiger partial charge in [-0.05, 0) is 55.2 Å². The van der Waals surface area contributed by atoms with Crippen LogP contribution in [0.3, 0.4) is 0 Å². The first-order valence-corrected chi connectivity index (χ1v) is 10.3. The van der Waals surface area contributed by atoms with Gasteiger partial charge in [-0.2, -0.15) is 0 Å². The van der Waals surface area contributed by atoms with Gasteiger partial charge in [0.2, 0.25) is 0 Å². The van der Waals surface area contributed by atoms with E-state index >= 15 is 0 Å². The van der Waals surface area contributed by atoms with Crippen LogP contribution in [0.1, 0.15) is 37.3 Å². The van der Waals surface area contributed by atoms with Crippen molar-refractivity contribution >= 4 is 17.4 Å². The summed E-state index contributed by atoms with van der Waals surface area (Å²) in [6, 6.07) is 15.2. The highest BCUT2D eigenvalue weighted by Crippen LogP contribution is 2.33. The zero-order valence-corrected chi connectivity index (χ0v) is 17.1.